The van der Waals surface area contributed by atoms with Gasteiger partial charge in [-0.1, -0.05) is 0 Å². The SMILES string of the molecule is C[C@H](NC(=O)[C@]1(C)CCCO1)c1nc(-c2ccncc2)n[nH]1. The van der Waals surface area contributed by atoms with Gasteiger partial charge in [0.15, 0.2) is 5.82 Å². The topological polar surface area (TPSA) is 92.8 Å². The molecule has 7 heteroatoms. The van der Waals surface area contributed by atoms with E-state index in [1.54, 1.807) is 12.4 Å². The molecule has 3 heterocycles. The number of nitrogens with one attached hydrogen (secondary N) is 2. The molecule has 3 rings (SSSR count). The highest BCUT2D eigenvalue weighted by atomic mass is 16.5. The molecule has 0 spiro atoms. The van der Waals surface area contributed by atoms with Gasteiger partial charge >= 0.3 is 0 Å². The smallest absolute Gasteiger partial charge is 0.252 e. The summed E-state index contributed by atoms with van der Waals surface area (Å²) in [6, 6.07) is 3.41. The normalized spacial score (nSPS) is 22.5. The number of amides is 1. The van der Waals surface area contributed by atoms with E-state index in [0.29, 0.717) is 18.3 Å². The number of carbonyl (C=O) groups is 1. The molecule has 2 aromatic heterocycles. The molecule has 22 heavy (non-hydrogen) atoms. The van der Waals surface area contributed by atoms with Crippen LogP contribution in [0, 0.1) is 0 Å². The van der Waals surface area contributed by atoms with Gasteiger partial charge in [0, 0.05) is 24.6 Å². The predicted molar refractivity (Wildman–Crippen MR) is 79.8 cm³/mol. The van der Waals surface area contributed by atoms with Crippen LogP contribution in [0.1, 0.15) is 38.6 Å². The molecule has 0 saturated carbocycles. The van der Waals surface area contributed by atoms with E-state index in [-0.39, 0.29) is 11.9 Å². The van der Waals surface area contributed by atoms with Crippen molar-refractivity contribution in [2.45, 2.75) is 38.3 Å². The number of nitrogens with zero attached hydrogens (tertiary/aromatic N) is 3. The molecule has 7 nitrogen and oxygen atoms in total. The second-order valence-electron chi connectivity index (χ2n) is 5.66. The first kappa shape index (κ1) is 14.6. The molecule has 1 aliphatic rings. The van der Waals surface area contributed by atoms with Crippen LogP contribution in [0.2, 0.25) is 0 Å². The zero-order valence-corrected chi connectivity index (χ0v) is 12.7. The summed E-state index contributed by atoms with van der Waals surface area (Å²) in [7, 11) is 0. The van der Waals surface area contributed by atoms with E-state index >= 15 is 0 Å². The minimum Gasteiger partial charge on any atom is -0.365 e. The minimum atomic E-state index is -0.734. The lowest BCUT2D eigenvalue weighted by Crippen LogP contribution is -2.45. The lowest BCUT2D eigenvalue weighted by molar-refractivity contribution is -0.140. The number of pyridine rings is 1. The van der Waals surface area contributed by atoms with Gasteiger partial charge in [-0.15, -0.1) is 0 Å². The second kappa shape index (κ2) is 5.84. The molecule has 0 radical (unpaired) electrons. The molecule has 1 saturated heterocycles. The van der Waals surface area contributed by atoms with Crippen molar-refractivity contribution >= 4 is 5.91 Å². The molecule has 2 N–H and O–H groups in total. The summed E-state index contributed by atoms with van der Waals surface area (Å²) in [5.74, 6) is 1.09. The van der Waals surface area contributed by atoms with E-state index in [2.05, 4.69) is 25.5 Å². The summed E-state index contributed by atoms with van der Waals surface area (Å²) in [6.45, 7) is 4.32. The summed E-state index contributed by atoms with van der Waals surface area (Å²) < 4.78 is 5.55. The van der Waals surface area contributed by atoms with E-state index in [1.165, 1.54) is 0 Å². The Morgan fingerprint density at radius 3 is 2.91 bits per heavy atom. The summed E-state index contributed by atoms with van der Waals surface area (Å²) in [6.07, 6.45) is 5.03. The van der Waals surface area contributed by atoms with Crippen LogP contribution in [0.15, 0.2) is 24.5 Å². The van der Waals surface area contributed by atoms with Crippen molar-refractivity contribution in [2.24, 2.45) is 0 Å². The van der Waals surface area contributed by atoms with Gasteiger partial charge in [-0.25, -0.2) is 4.98 Å². The van der Waals surface area contributed by atoms with Crippen molar-refractivity contribution in [1.29, 1.82) is 0 Å². The van der Waals surface area contributed by atoms with Crippen molar-refractivity contribution in [1.82, 2.24) is 25.5 Å². The highest BCUT2D eigenvalue weighted by molar-refractivity contribution is 5.85. The number of hydrogen-bond acceptors (Lipinski definition) is 5. The number of aromatic nitrogens is 4. The maximum atomic E-state index is 12.3. The van der Waals surface area contributed by atoms with Crippen LogP contribution in [0.4, 0.5) is 0 Å². The van der Waals surface area contributed by atoms with Crippen LogP contribution >= 0.6 is 0 Å². The molecule has 1 amide bonds. The van der Waals surface area contributed by atoms with Crippen molar-refractivity contribution in [2.75, 3.05) is 6.61 Å². The van der Waals surface area contributed by atoms with Gasteiger partial charge in [0.2, 0.25) is 0 Å². The number of ether oxygens (including phenoxy) is 1. The zero-order chi connectivity index (χ0) is 15.6. The molecule has 0 unspecified atom stereocenters. The summed E-state index contributed by atoms with van der Waals surface area (Å²) in [5, 5.41) is 9.99. The van der Waals surface area contributed by atoms with Gasteiger partial charge in [-0.05, 0) is 38.8 Å². The zero-order valence-electron chi connectivity index (χ0n) is 12.7. The quantitative estimate of drug-likeness (QED) is 0.895. The van der Waals surface area contributed by atoms with Crippen LogP contribution in [0.25, 0.3) is 11.4 Å². The third-order valence-electron chi connectivity index (χ3n) is 3.90. The molecule has 2 aromatic rings. The van der Waals surface area contributed by atoms with Crippen molar-refractivity contribution in [3.8, 4) is 11.4 Å². The lowest BCUT2D eigenvalue weighted by Gasteiger charge is -2.23. The molecule has 0 bridgehead atoms. The first-order valence-electron chi connectivity index (χ1n) is 7.36. The molecular weight excluding hydrogens is 282 g/mol. The number of aromatic amines is 1. The van der Waals surface area contributed by atoms with Gasteiger partial charge in [0.25, 0.3) is 5.91 Å². The Morgan fingerprint density at radius 2 is 2.23 bits per heavy atom. The highest BCUT2D eigenvalue weighted by Crippen LogP contribution is 2.26. The fourth-order valence-electron chi connectivity index (χ4n) is 2.47. The van der Waals surface area contributed by atoms with E-state index in [4.69, 9.17) is 4.74 Å². The monoisotopic (exact) mass is 301 g/mol. The Bertz CT molecular complexity index is 649. The fourth-order valence-corrected chi connectivity index (χ4v) is 2.47. The van der Waals surface area contributed by atoms with Crippen molar-refractivity contribution < 1.29 is 9.53 Å². The summed E-state index contributed by atoms with van der Waals surface area (Å²) in [5.41, 5.74) is 0.143. The molecule has 1 aliphatic heterocycles. The van der Waals surface area contributed by atoms with Gasteiger partial charge in [-0.3, -0.25) is 14.9 Å². The highest BCUT2D eigenvalue weighted by Gasteiger charge is 2.38. The Labute approximate surface area is 128 Å². The van der Waals surface area contributed by atoms with E-state index < -0.39 is 5.60 Å². The molecule has 1 fully saturated rings. The van der Waals surface area contributed by atoms with Gasteiger partial charge in [0.1, 0.15) is 11.4 Å². The fraction of sp³-hybridized carbons (Fsp3) is 0.467. The molecule has 116 valence electrons. The number of rotatable bonds is 4. The second-order valence-corrected chi connectivity index (χ2v) is 5.66. The summed E-state index contributed by atoms with van der Waals surface area (Å²) in [4.78, 5) is 20.7. The number of hydrogen-bond donors (Lipinski definition) is 2. The van der Waals surface area contributed by atoms with E-state index in [9.17, 15) is 4.79 Å². The molecular formula is C15H19N5O2. The molecule has 0 aliphatic carbocycles. The van der Waals surface area contributed by atoms with E-state index in [1.807, 2.05) is 26.0 Å². The first-order chi connectivity index (χ1) is 10.6. The van der Waals surface area contributed by atoms with Crippen LogP contribution in [0.3, 0.4) is 0 Å². The first-order valence-corrected chi connectivity index (χ1v) is 7.36. The average molecular weight is 301 g/mol. The predicted octanol–water partition coefficient (Wildman–Crippen LogP) is 1.61. The number of H-pyrrole nitrogens is 1. The Morgan fingerprint density at radius 1 is 1.45 bits per heavy atom. The third kappa shape index (κ3) is 2.85. The van der Waals surface area contributed by atoms with Crippen molar-refractivity contribution in [3.05, 3.63) is 30.4 Å². The molecule has 2 atom stereocenters. The third-order valence-corrected chi connectivity index (χ3v) is 3.90. The number of carbonyl (C=O) groups excluding carboxylic acids is 1. The van der Waals surface area contributed by atoms with Crippen LogP contribution in [-0.4, -0.2) is 38.3 Å². The largest absolute Gasteiger partial charge is 0.365 e. The average Bonchev–Trinajstić information content (AvgIpc) is 3.18. The lowest BCUT2D eigenvalue weighted by atomic mass is 10.0. The van der Waals surface area contributed by atoms with Gasteiger partial charge < -0.3 is 10.1 Å². The standard InChI is InChI=1S/C15H19N5O2/c1-10(17-14(21)15(2)6-3-9-22-15)12-18-13(20-19-12)11-4-7-16-8-5-11/h4-5,7-8,10H,3,6,9H2,1-2H3,(H,17,21)(H,18,19,20)/t10-,15-/m0/s1. The van der Waals surface area contributed by atoms with Crippen LogP contribution in [0.5, 0.6) is 0 Å². The maximum Gasteiger partial charge on any atom is 0.252 e. The van der Waals surface area contributed by atoms with Gasteiger partial charge in [0.05, 0.1) is 6.04 Å². The van der Waals surface area contributed by atoms with Crippen LogP contribution in [-0.2, 0) is 9.53 Å². The van der Waals surface area contributed by atoms with E-state index in [0.717, 1.165) is 18.4 Å². The van der Waals surface area contributed by atoms with Crippen LogP contribution < -0.4 is 5.32 Å². The summed E-state index contributed by atoms with van der Waals surface area (Å²) >= 11 is 0. The molecule has 0 aromatic carbocycles. The Balaban J connectivity index is 1.69. The maximum absolute atomic E-state index is 12.3. The van der Waals surface area contributed by atoms with Crippen molar-refractivity contribution in [3.63, 3.8) is 0 Å². The minimum absolute atomic E-state index is 0.112. The Hall–Kier alpha value is -2.28. The van der Waals surface area contributed by atoms with Gasteiger partial charge in [-0.2, -0.15) is 5.10 Å². The Kier molecular flexibility index (Phi) is 3.89.